The van der Waals surface area contributed by atoms with Crippen LogP contribution in [0.2, 0.25) is 0 Å². The van der Waals surface area contributed by atoms with Gasteiger partial charge < -0.3 is 0 Å². The van der Waals surface area contributed by atoms with Gasteiger partial charge in [0, 0.05) is 0 Å². The van der Waals surface area contributed by atoms with E-state index in [0.717, 1.165) is 25.5 Å². The third-order valence-electron chi connectivity index (χ3n) is 3.57. The summed E-state index contributed by atoms with van der Waals surface area (Å²) in [5.41, 5.74) is 1.45. The van der Waals surface area contributed by atoms with Crippen LogP contribution in [0.1, 0.15) is 31.2 Å². The molecule has 0 spiro atoms. The van der Waals surface area contributed by atoms with E-state index in [1.807, 2.05) is 18.2 Å². The van der Waals surface area contributed by atoms with Gasteiger partial charge in [-0.25, -0.2) is 0 Å². The molecule has 1 aliphatic carbocycles. The van der Waals surface area contributed by atoms with E-state index < -0.39 is 10.1 Å². The van der Waals surface area contributed by atoms with Gasteiger partial charge in [-0.3, -0.25) is 4.18 Å². The summed E-state index contributed by atoms with van der Waals surface area (Å²) in [7, 11) is -3.31. The average molecular weight is 254 g/mol. The Morgan fingerprint density at radius 3 is 2.35 bits per heavy atom. The molecule has 0 atom stereocenters. The van der Waals surface area contributed by atoms with E-state index in [9.17, 15) is 8.42 Å². The van der Waals surface area contributed by atoms with Crippen molar-refractivity contribution in [2.24, 2.45) is 0 Å². The van der Waals surface area contributed by atoms with Crippen LogP contribution in [0.5, 0.6) is 0 Å². The average Bonchev–Trinajstić information content (AvgIpc) is 2.22. The monoisotopic (exact) mass is 254 g/mol. The van der Waals surface area contributed by atoms with Crippen molar-refractivity contribution in [1.82, 2.24) is 0 Å². The van der Waals surface area contributed by atoms with Gasteiger partial charge in [0.2, 0.25) is 0 Å². The Morgan fingerprint density at radius 2 is 1.88 bits per heavy atom. The topological polar surface area (TPSA) is 43.4 Å². The van der Waals surface area contributed by atoms with Crippen molar-refractivity contribution in [1.29, 1.82) is 0 Å². The molecule has 1 aliphatic rings. The number of rotatable bonds is 5. The van der Waals surface area contributed by atoms with E-state index in [1.165, 1.54) is 12.0 Å². The molecule has 0 N–H and O–H groups in total. The lowest BCUT2D eigenvalue weighted by Gasteiger charge is -2.42. The van der Waals surface area contributed by atoms with Gasteiger partial charge in [0.1, 0.15) is 0 Å². The Labute approximate surface area is 103 Å². The van der Waals surface area contributed by atoms with E-state index in [-0.39, 0.29) is 12.0 Å². The van der Waals surface area contributed by atoms with Crippen LogP contribution < -0.4 is 0 Å². The van der Waals surface area contributed by atoms with Crippen molar-refractivity contribution in [3.05, 3.63) is 35.9 Å². The maximum atomic E-state index is 10.9. The molecule has 0 saturated heterocycles. The highest BCUT2D eigenvalue weighted by Crippen LogP contribution is 2.46. The summed E-state index contributed by atoms with van der Waals surface area (Å²) >= 11 is 0. The van der Waals surface area contributed by atoms with Gasteiger partial charge in [0.15, 0.2) is 0 Å². The normalized spacial score (nSPS) is 18.6. The molecule has 94 valence electrons. The van der Waals surface area contributed by atoms with Crippen molar-refractivity contribution >= 4 is 10.1 Å². The van der Waals surface area contributed by atoms with Crippen LogP contribution in [-0.4, -0.2) is 21.3 Å². The van der Waals surface area contributed by atoms with Crippen molar-refractivity contribution in [2.75, 3.05) is 12.9 Å². The molecule has 1 aromatic carbocycles. The molecule has 0 unspecified atom stereocenters. The molecule has 0 heterocycles. The highest BCUT2D eigenvalue weighted by molar-refractivity contribution is 7.85. The van der Waals surface area contributed by atoms with Crippen molar-refractivity contribution in [2.45, 2.75) is 31.1 Å². The Hall–Kier alpha value is -0.870. The predicted molar refractivity (Wildman–Crippen MR) is 67.4 cm³/mol. The van der Waals surface area contributed by atoms with Crippen LogP contribution >= 0.6 is 0 Å². The van der Waals surface area contributed by atoms with Gasteiger partial charge in [-0.1, -0.05) is 36.8 Å². The van der Waals surface area contributed by atoms with E-state index in [4.69, 9.17) is 4.18 Å². The van der Waals surface area contributed by atoms with E-state index in [0.29, 0.717) is 0 Å². The Kier molecular flexibility index (Phi) is 3.54. The second-order valence-electron chi connectivity index (χ2n) is 4.78. The highest BCUT2D eigenvalue weighted by Gasteiger charge is 2.38. The molecule has 1 saturated carbocycles. The summed E-state index contributed by atoms with van der Waals surface area (Å²) in [5.74, 6) is 0. The first-order valence-electron chi connectivity index (χ1n) is 5.92. The van der Waals surface area contributed by atoms with Crippen molar-refractivity contribution in [3.63, 3.8) is 0 Å². The fourth-order valence-corrected chi connectivity index (χ4v) is 2.85. The molecule has 2 rings (SSSR count). The van der Waals surface area contributed by atoms with Gasteiger partial charge in [-0.2, -0.15) is 8.42 Å². The minimum Gasteiger partial charge on any atom is -0.270 e. The molecule has 0 amide bonds. The fourth-order valence-electron chi connectivity index (χ4n) is 2.47. The predicted octanol–water partition coefficient (Wildman–Crippen LogP) is 2.47. The summed E-state index contributed by atoms with van der Waals surface area (Å²) in [5, 5.41) is 0. The first-order chi connectivity index (χ1) is 8.02. The Balaban J connectivity index is 2.01. The molecule has 0 bridgehead atoms. The van der Waals surface area contributed by atoms with Crippen LogP contribution in [0.4, 0.5) is 0 Å². The van der Waals surface area contributed by atoms with Crippen LogP contribution in [-0.2, 0) is 19.7 Å². The SMILES string of the molecule is CS(=O)(=O)OCCC1(c2ccccc2)CCC1. The van der Waals surface area contributed by atoms with Gasteiger partial charge >= 0.3 is 0 Å². The highest BCUT2D eigenvalue weighted by atomic mass is 32.2. The van der Waals surface area contributed by atoms with Crippen LogP contribution in [0, 0.1) is 0 Å². The zero-order valence-electron chi connectivity index (χ0n) is 10.1. The lowest BCUT2D eigenvalue weighted by molar-refractivity contribution is 0.181. The van der Waals surface area contributed by atoms with E-state index in [2.05, 4.69) is 12.1 Å². The number of benzene rings is 1. The summed E-state index contributed by atoms with van der Waals surface area (Å²) < 4.78 is 26.7. The molecular formula is C13H18O3S. The van der Waals surface area contributed by atoms with E-state index >= 15 is 0 Å². The molecule has 4 heteroatoms. The number of hydrogen-bond acceptors (Lipinski definition) is 3. The Bertz CT molecular complexity index is 461. The summed E-state index contributed by atoms with van der Waals surface area (Å²) in [4.78, 5) is 0. The van der Waals surface area contributed by atoms with Crippen molar-refractivity contribution < 1.29 is 12.6 Å². The van der Waals surface area contributed by atoms with Gasteiger partial charge in [0.25, 0.3) is 10.1 Å². The summed E-state index contributed by atoms with van der Waals surface area (Å²) in [6.45, 7) is 0.285. The molecule has 17 heavy (non-hydrogen) atoms. The maximum Gasteiger partial charge on any atom is 0.264 e. The zero-order valence-corrected chi connectivity index (χ0v) is 10.9. The van der Waals surface area contributed by atoms with Crippen molar-refractivity contribution in [3.8, 4) is 0 Å². The number of hydrogen-bond donors (Lipinski definition) is 0. The first-order valence-corrected chi connectivity index (χ1v) is 7.73. The molecule has 3 nitrogen and oxygen atoms in total. The van der Waals surface area contributed by atoms with Gasteiger partial charge in [-0.05, 0) is 30.2 Å². The molecule has 0 aromatic heterocycles. The zero-order chi connectivity index (χ0) is 12.4. The van der Waals surface area contributed by atoms with Crippen LogP contribution in [0.3, 0.4) is 0 Å². The van der Waals surface area contributed by atoms with Gasteiger partial charge in [0.05, 0.1) is 12.9 Å². The van der Waals surface area contributed by atoms with Crippen LogP contribution in [0.25, 0.3) is 0 Å². The second kappa shape index (κ2) is 4.78. The molecule has 0 aliphatic heterocycles. The standard InChI is InChI=1S/C13H18O3S/c1-17(14,15)16-11-10-13(8-5-9-13)12-6-3-2-4-7-12/h2-4,6-7H,5,8-11H2,1H3. The first kappa shape index (κ1) is 12.6. The van der Waals surface area contributed by atoms with Crippen LogP contribution in [0.15, 0.2) is 30.3 Å². The third kappa shape index (κ3) is 3.07. The lowest BCUT2D eigenvalue weighted by Crippen LogP contribution is -2.35. The summed E-state index contributed by atoms with van der Waals surface area (Å²) in [6, 6.07) is 10.3. The largest absolute Gasteiger partial charge is 0.270 e. The third-order valence-corrected chi connectivity index (χ3v) is 4.17. The molecule has 1 aromatic rings. The van der Waals surface area contributed by atoms with Gasteiger partial charge in [-0.15, -0.1) is 0 Å². The minimum absolute atomic E-state index is 0.145. The summed E-state index contributed by atoms with van der Waals surface area (Å²) in [6.07, 6.45) is 5.36. The second-order valence-corrected chi connectivity index (χ2v) is 6.42. The maximum absolute atomic E-state index is 10.9. The van der Waals surface area contributed by atoms with E-state index in [1.54, 1.807) is 0 Å². The minimum atomic E-state index is -3.31. The molecular weight excluding hydrogens is 236 g/mol. The molecule has 0 radical (unpaired) electrons. The smallest absolute Gasteiger partial charge is 0.264 e. The lowest BCUT2D eigenvalue weighted by atomic mass is 9.63. The quantitative estimate of drug-likeness (QED) is 0.758. The fraction of sp³-hybridized carbons (Fsp3) is 0.538. The molecule has 1 fully saturated rings. The Morgan fingerprint density at radius 1 is 1.24 bits per heavy atom.